The molecule has 2 rings (SSSR count). The van der Waals surface area contributed by atoms with Gasteiger partial charge in [-0.25, -0.2) is 4.39 Å². The van der Waals surface area contributed by atoms with Gasteiger partial charge in [0.05, 0.1) is 12.1 Å². The van der Waals surface area contributed by atoms with Crippen LogP contribution in [0.25, 0.3) is 0 Å². The monoisotopic (exact) mass is 320 g/mol. The lowest BCUT2D eigenvalue weighted by Crippen LogP contribution is -2.38. The number of amides is 2. The van der Waals surface area contributed by atoms with Crippen molar-refractivity contribution in [1.82, 2.24) is 5.32 Å². The number of carbonyl (C=O) groups excluding carboxylic acids is 2. The first kappa shape index (κ1) is 16.2. The van der Waals surface area contributed by atoms with E-state index in [9.17, 15) is 14.0 Å². The molecule has 0 bridgehead atoms. The van der Waals surface area contributed by atoms with Gasteiger partial charge < -0.3 is 10.2 Å². The van der Waals surface area contributed by atoms with Crippen molar-refractivity contribution in [2.24, 2.45) is 0 Å². The Morgan fingerprint density at radius 3 is 2.64 bits per heavy atom. The van der Waals surface area contributed by atoms with Crippen molar-refractivity contribution >= 4 is 28.8 Å². The molecule has 1 aromatic carbocycles. The van der Waals surface area contributed by atoms with Crippen LogP contribution in [0.5, 0.6) is 0 Å². The molecule has 0 unspecified atom stereocenters. The molecule has 1 heterocycles. The fraction of sp³-hybridized carbons (Fsp3) is 0.250. The van der Waals surface area contributed by atoms with Crippen molar-refractivity contribution in [3.63, 3.8) is 0 Å². The summed E-state index contributed by atoms with van der Waals surface area (Å²) in [4.78, 5) is 25.8. The third kappa shape index (κ3) is 4.39. The SMILES string of the molecule is CC(=O)N(CCNC(=O)Cc1cccs1)c1ccccc1F. The Kier molecular flexibility index (Phi) is 5.66. The van der Waals surface area contributed by atoms with Gasteiger partial charge in [-0.2, -0.15) is 0 Å². The topological polar surface area (TPSA) is 49.4 Å². The molecule has 0 fully saturated rings. The molecule has 2 amide bonds. The van der Waals surface area contributed by atoms with Crippen LogP contribution >= 0.6 is 11.3 Å². The molecular formula is C16H17FN2O2S. The van der Waals surface area contributed by atoms with Crippen LogP contribution in [0.2, 0.25) is 0 Å². The highest BCUT2D eigenvalue weighted by molar-refractivity contribution is 7.10. The summed E-state index contributed by atoms with van der Waals surface area (Å²) in [5.41, 5.74) is 0.225. The van der Waals surface area contributed by atoms with Crippen molar-refractivity contribution in [3.8, 4) is 0 Å². The summed E-state index contributed by atoms with van der Waals surface area (Å²) in [5.74, 6) is -0.834. The summed E-state index contributed by atoms with van der Waals surface area (Å²) in [6.45, 7) is 1.88. The molecular weight excluding hydrogens is 303 g/mol. The van der Waals surface area contributed by atoms with Crippen LogP contribution in [-0.4, -0.2) is 24.9 Å². The third-order valence-electron chi connectivity index (χ3n) is 3.10. The van der Waals surface area contributed by atoms with E-state index in [1.54, 1.807) is 18.2 Å². The lowest BCUT2D eigenvalue weighted by Gasteiger charge is -2.21. The quantitative estimate of drug-likeness (QED) is 0.889. The standard InChI is InChI=1S/C16H17FN2O2S/c1-12(20)19(15-7-3-2-6-14(15)17)9-8-18-16(21)11-13-5-4-10-22-13/h2-7,10H,8-9,11H2,1H3,(H,18,21). The van der Waals surface area contributed by atoms with Crippen molar-refractivity contribution < 1.29 is 14.0 Å². The van der Waals surface area contributed by atoms with E-state index in [0.29, 0.717) is 6.42 Å². The zero-order valence-corrected chi connectivity index (χ0v) is 13.0. The molecule has 0 saturated heterocycles. The molecule has 4 nitrogen and oxygen atoms in total. The van der Waals surface area contributed by atoms with Crippen LogP contribution in [0.15, 0.2) is 41.8 Å². The number of nitrogens with zero attached hydrogens (tertiary/aromatic N) is 1. The number of thiophene rings is 1. The number of hydrogen-bond acceptors (Lipinski definition) is 3. The Hall–Kier alpha value is -2.21. The minimum absolute atomic E-state index is 0.112. The maximum Gasteiger partial charge on any atom is 0.225 e. The number of benzene rings is 1. The van der Waals surface area contributed by atoms with E-state index in [1.807, 2.05) is 17.5 Å². The Morgan fingerprint density at radius 2 is 2.00 bits per heavy atom. The zero-order chi connectivity index (χ0) is 15.9. The molecule has 6 heteroatoms. The Labute approximate surface area is 132 Å². The second-order valence-corrected chi connectivity index (χ2v) is 5.76. The molecule has 0 aliphatic carbocycles. The van der Waals surface area contributed by atoms with Gasteiger partial charge in [0.2, 0.25) is 11.8 Å². The molecule has 0 radical (unpaired) electrons. The van der Waals surface area contributed by atoms with Crippen LogP contribution < -0.4 is 10.2 Å². The van der Waals surface area contributed by atoms with Crippen LogP contribution in [0.3, 0.4) is 0 Å². The predicted molar refractivity (Wildman–Crippen MR) is 85.5 cm³/mol. The van der Waals surface area contributed by atoms with Gasteiger partial charge in [-0.3, -0.25) is 9.59 Å². The van der Waals surface area contributed by atoms with Crippen LogP contribution in [0.4, 0.5) is 10.1 Å². The lowest BCUT2D eigenvalue weighted by atomic mass is 10.2. The van der Waals surface area contributed by atoms with E-state index in [4.69, 9.17) is 0 Å². The molecule has 2 aromatic rings. The Balaban J connectivity index is 1.89. The van der Waals surface area contributed by atoms with Crippen LogP contribution in [0.1, 0.15) is 11.8 Å². The van der Waals surface area contributed by atoms with Gasteiger partial charge in [0, 0.05) is 24.9 Å². The number of nitrogens with one attached hydrogen (secondary N) is 1. The van der Waals surface area contributed by atoms with Crippen molar-refractivity contribution in [1.29, 1.82) is 0 Å². The number of anilines is 1. The highest BCUT2D eigenvalue weighted by Crippen LogP contribution is 2.18. The van der Waals surface area contributed by atoms with Crippen molar-refractivity contribution in [3.05, 3.63) is 52.5 Å². The molecule has 1 N–H and O–H groups in total. The average molecular weight is 320 g/mol. The first-order valence-electron chi connectivity index (χ1n) is 6.89. The van der Waals surface area contributed by atoms with E-state index in [-0.39, 0.29) is 30.6 Å². The number of hydrogen-bond donors (Lipinski definition) is 1. The van der Waals surface area contributed by atoms with Crippen LogP contribution in [-0.2, 0) is 16.0 Å². The molecule has 116 valence electrons. The second-order valence-electron chi connectivity index (χ2n) is 4.73. The highest BCUT2D eigenvalue weighted by atomic mass is 32.1. The van der Waals surface area contributed by atoms with E-state index in [0.717, 1.165) is 4.88 Å². The fourth-order valence-electron chi connectivity index (χ4n) is 2.06. The largest absolute Gasteiger partial charge is 0.354 e. The number of halogens is 1. The van der Waals surface area contributed by atoms with Gasteiger partial charge in [-0.1, -0.05) is 18.2 Å². The van der Waals surface area contributed by atoms with Crippen molar-refractivity contribution in [2.45, 2.75) is 13.3 Å². The summed E-state index contributed by atoms with van der Waals surface area (Å²) in [7, 11) is 0. The summed E-state index contributed by atoms with van der Waals surface area (Å²) in [6.07, 6.45) is 0.317. The lowest BCUT2D eigenvalue weighted by molar-refractivity contribution is -0.120. The van der Waals surface area contributed by atoms with Gasteiger partial charge in [0.15, 0.2) is 0 Å². The number of para-hydroxylation sites is 1. The van der Waals surface area contributed by atoms with E-state index in [1.165, 1.54) is 29.2 Å². The Morgan fingerprint density at radius 1 is 1.23 bits per heavy atom. The predicted octanol–water partition coefficient (Wildman–Crippen LogP) is 2.60. The van der Waals surface area contributed by atoms with E-state index in [2.05, 4.69) is 5.32 Å². The molecule has 0 atom stereocenters. The average Bonchev–Trinajstić information content (AvgIpc) is 2.97. The maximum atomic E-state index is 13.8. The van der Waals surface area contributed by atoms with Gasteiger partial charge in [-0.05, 0) is 23.6 Å². The minimum atomic E-state index is -0.456. The first-order chi connectivity index (χ1) is 10.6. The molecule has 22 heavy (non-hydrogen) atoms. The summed E-state index contributed by atoms with van der Waals surface area (Å²) in [5, 5.41) is 4.66. The molecule has 1 aromatic heterocycles. The smallest absolute Gasteiger partial charge is 0.225 e. The molecule has 0 aliphatic rings. The normalized spacial score (nSPS) is 10.3. The fourth-order valence-corrected chi connectivity index (χ4v) is 2.76. The third-order valence-corrected chi connectivity index (χ3v) is 3.97. The molecule has 0 aliphatic heterocycles. The zero-order valence-electron chi connectivity index (χ0n) is 12.2. The second kappa shape index (κ2) is 7.70. The van der Waals surface area contributed by atoms with Gasteiger partial charge in [-0.15, -0.1) is 11.3 Å². The van der Waals surface area contributed by atoms with Crippen LogP contribution in [0, 0.1) is 5.82 Å². The van der Waals surface area contributed by atoms with Gasteiger partial charge >= 0.3 is 0 Å². The van der Waals surface area contributed by atoms with E-state index >= 15 is 0 Å². The van der Waals surface area contributed by atoms with E-state index < -0.39 is 5.82 Å². The van der Waals surface area contributed by atoms with Gasteiger partial charge in [0.25, 0.3) is 0 Å². The highest BCUT2D eigenvalue weighted by Gasteiger charge is 2.15. The first-order valence-corrected chi connectivity index (χ1v) is 7.77. The molecule has 0 spiro atoms. The maximum absolute atomic E-state index is 13.8. The van der Waals surface area contributed by atoms with Crippen molar-refractivity contribution in [2.75, 3.05) is 18.0 Å². The minimum Gasteiger partial charge on any atom is -0.354 e. The molecule has 0 saturated carbocycles. The number of rotatable bonds is 6. The number of carbonyl (C=O) groups is 2. The van der Waals surface area contributed by atoms with Gasteiger partial charge in [0.1, 0.15) is 5.82 Å². The summed E-state index contributed by atoms with van der Waals surface area (Å²) in [6, 6.07) is 9.88. The summed E-state index contributed by atoms with van der Waals surface area (Å²) >= 11 is 1.52. The summed E-state index contributed by atoms with van der Waals surface area (Å²) < 4.78 is 13.8. The Bertz CT molecular complexity index is 643.